The van der Waals surface area contributed by atoms with Gasteiger partial charge >= 0.3 is 92.4 Å². The molecule has 2 heterocycles. The monoisotopic (exact) mass is 322 g/mol. The van der Waals surface area contributed by atoms with Gasteiger partial charge in [-0.15, -0.1) is 0 Å². The first-order chi connectivity index (χ1) is 6.42. The predicted molar refractivity (Wildman–Crippen MR) is 58.1 cm³/mol. The van der Waals surface area contributed by atoms with Crippen molar-refractivity contribution in [1.82, 2.24) is 0 Å². The number of hydrogen-bond donors (Lipinski definition) is 0. The Bertz CT molecular complexity index is 388. The summed E-state index contributed by atoms with van der Waals surface area (Å²) in [6.07, 6.45) is 0. The fraction of sp³-hybridized carbons (Fsp3) is 0. The summed E-state index contributed by atoms with van der Waals surface area (Å²) < 4.78 is 13.4. The minimum atomic E-state index is 0.381. The predicted octanol–water partition coefficient (Wildman–Crippen LogP) is 0.582. The van der Waals surface area contributed by atoms with Crippen molar-refractivity contribution in [2.45, 2.75) is 0 Å². The van der Waals surface area contributed by atoms with E-state index in [4.69, 9.17) is 0 Å². The molecule has 0 N–H and O–H groups in total. The van der Waals surface area contributed by atoms with Crippen LogP contribution in [0, 0.1) is 0 Å². The van der Waals surface area contributed by atoms with Gasteiger partial charge in [-0.25, -0.2) is 0 Å². The molecule has 4 heteroatoms. The maximum absolute atomic E-state index is 11.0. The zero-order chi connectivity index (χ0) is 9.10. The Morgan fingerprint density at radius 1 is 1.08 bits per heavy atom. The van der Waals surface area contributed by atoms with E-state index in [2.05, 4.69) is 22.0 Å². The van der Waals surface area contributed by atoms with Crippen LogP contribution in [0.25, 0.3) is 0 Å². The van der Waals surface area contributed by atoms with Gasteiger partial charge in [-0.1, -0.05) is 0 Å². The first kappa shape index (κ1) is 9.44. The summed E-state index contributed by atoms with van der Waals surface area (Å²) in [6.45, 7) is 0. The van der Waals surface area contributed by atoms with Gasteiger partial charge in [0.25, 0.3) is 0 Å². The zero-order valence-corrected chi connectivity index (χ0v) is 10.8. The molecule has 2 aromatic heterocycles. The standard InChI is InChI=1S/C9H6OSSe2/c10-11-9(7-3-1-5-12-7)8-4-2-6-13-8/h1-6H. The molecule has 0 aromatic carbocycles. The molecule has 13 heavy (non-hydrogen) atoms. The second-order valence-corrected chi connectivity index (χ2v) is 6.92. The van der Waals surface area contributed by atoms with Gasteiger partial charge in [-0.05, 0) is 0 Å². The molecule has 2 aromatic rings. The van der Waals surface area contributed by atoms with Crippen LogP contribution in [0.1, 0.15) is 8.87 Å². The van der Waals surface area contributed by atoms with E-state index >= 15 is 0 Å². The van der Waals surface area contributed by atoms with E-state index in [0.717, 1.165) is 4.86 Å². The number of rotatable bonds is 2. The van der Waals surface area contributed by atoms with Gasteiger partial charge in [0, 0.05) is 0 Å². The van der Waals surface area contributed by atoms with Crippen molar-refractivity contribution in [3.05, 3.63) is 43.0 Å². The molecule has 0 atom stereocenters. The summed E-state index contributed by atoms with van der Waals surface area (Å²) in [4.78, 5) is 5.26. The molecule has 0 saturated heterocycles. The van der Waals surface area contributed by atoms with E-state index in [1.165, 1.54) is 8.87 Å². The Morgan fingerprint density at radius 2 is 1.62 bits per heavy atom. The van der Waals surface area contributed by atoms with Crippen molar-refractivity contribution in [2.75, 3.05) is 0 Å². The van der Waals surface area contributed by atoms with Crippen LogP contribution in [0.4, 0.5) is 0 Å². The fourth-order valence-electron chi connectivity index (χ4n) is 1.02. The first-order valence-corrected chi connectivity index (χ1v) is 8.09. The van der Waals surface area contributed by atoms with Crippen LogP contribution in [0.2, 0.25) is 0 Å². The van der Waals surface area contributed by atoms with Crippen molar-refractivity contribution >= 4 is 45.1 Å². The van der Waals surface area contributed by atoms with Crippen LogP contribution in [-0.4, -0.2) is 38.1 Å². The fourth-order valence-corrected chi connectivity index (χ4v) is 5.42. The molecule has 0 radical (unpaired) electrons. The van der Waals surface area contributed by atoms with E-state index in [1.807, 2.05) is 12.1 Å². The summed E-state index contributed by atoms with van der Waals surface area (Å²) in [5, 5.41) is 0. The molecular formula is C9H6OSSe2. The van der Waals surface area contributed by atoms with E-state index < -0.39 is 0 Å². The summed E-state index contributed by atoms with van der Waals surface area (Å²) in [5.41, 5.74) is 0. The molecule has 1 nitrogen and oxygen atoms in total. The van der Waals surface area contributed by atoms with Gasteiger partial charge < -0.3 is 0 Å². The van der Waals surface area contributed by atoms with Gasteiger partial charge in [0.1, 0.15) is 0 Å². The third kappa shape index (κ3) is 2.04. The van der Waals surface area contributed by atoms with Gasteiger partial charge in [-0.3, -0.25) is 0 Å². The molecule has 0 saturated carbocycles. The molecule has 0 unspecified atom stereocenters. The normalized spacial score (nSPS) is 9.85. The van der Waals surface area contributed by atoms with Crippen LogP contribution in [0.5, 0.6) is 0 Å². The van der Waals surface area contributed by atoms with Gasteiger partial charge in [0.2, 0.25) is 0 Å². The Kier molecular flexibility index (Phi) is 3.20. The number of hydrogen-bond acceptors (Lipinski definition) is 1. The van der Waals surface area contributed by atoms with Crippen LogP contribution in [-0.2, 0) is 11.3 Å². The van der Waals surface area contributed by atoms with Crippen molar-refractivity contribution in [3.8, 4) is 0 Å². The Labute approximate surface area is 92.0 Å². The third-order valence-corrected chi connectivity index (χ3v) is 6.49. The molecule has 0 aliphatic rings. The van der Waals surface area contributed by atoms with E-state index in [-0.39, 0.29) is 0 Å². The zero-order valence-electron chi connectivity index (χ0n) is 6.60. The average molecular weight is 320 g/mol. The van der Waals surface area contributed by atoms with Crippen LogP contribution >= 0.6 is 0 Å². The second kappa shape index (κ2) is 4.41. The topological polar surface area (TPSA) is 17.1 Å². The Balaban J connectivity index is 2.48. The molecule has 0 spiro atoms. The average Bonchev–Trinajstić information content (AvgIpc) is 2.76. The van der Waals surface area contributed by atoms with Crippen LogP contribution in [0.15, 0.2) is 34.1 Å². The van der Waals surface area contributed by atoms with Crippen molar-refractivity contribution < 1.29 is 4.21 Å². The molecule has 0 aliphatic carbocycles. The van der Waals surface area contributed by atoms with Crippen LogP contribution in [0.3, 0.4) is 0 Å². The summed E-state index contributed by atoms with van der Waals surface area (Å²) in [6, 6.07) is 8.22. The van der Waals surface area contributed by atoms with Crippen molar-refractivity contribution in [1.29, 1.82) is 0 Å². The quantitative estimate of drug-likeness (QED) is 0.450. The van der Waals surface area contributed by atoms with E-state index in [9.17, 15) is 4.21 Å². The second-order valence-electron chi connectivity index (χ2n) is 2.37. The Hall–Kier alpha value is -0.111. The van der Waals surface area contributed by atoms with Crippen molar-refractivity contribution in [3.63, 3.8) is 0 Å². The molecule has 0 aliphatic heterocycles. The van der Waals surface area contributed by atoms with Gasteiger partial charge in [0.15, 0.2) is 0 Å². The Morgan fingerprint density at radius 3 is 1.92 bits per heavy atom. The minimum absolute atomic E-state index is 0.381. The van der Waals surface area contributed by atoms with Gasteiger partial charge in [0.05, 0.1) is 0 Å². The molecular weight excluding hydrogens is 314 g/mol. The van der Waals surface area contributed by atoms with E-state index in [0.29, 0.717) is 40.3 Å². The first-order valence-electron chi connectivity index (χ1n) is 3.66. The molecule has 0 amide bonds. The molecule has 66 valence electrons. The molecule has 0 bridgehead atoms. The maximum atomic E-state index is 11.0. The van der Waals surface area contributed by atoms with Gasteiger partial charge in [-0.2, -0.15) is 0 Å². The SMILES string of the molecule is O=S=C(c1ccc[se]1)c1ccc[se]1. The molecule has 0 fully saturated rings. The summed E-state index contributed by atoms with van der Waals surface area (Å²) in [7, 11) is 0. The van der Waals surface area contributed by atoms with Crippen LogP contribution < -0.4 is 0 Å². The summed E-state index contributed by atoms with van der Waals surface area (Å²) in [5.74, 6) is 0. The van der Waals surface area contributed by atoms with E-state index in [1.54, 1.807) is 0 Å². The van der Waals surface area contributed by atoms with Crippen molar-refractivity contribution in [2.24, 2.45) is 0 Å². The summed E-state index contributed by atoms with van der Waals surface area (Å²) >= 11 is 1.41. The third-order valence-electron chi connectivity index (χ3n) is 1.57. The molecule has 2 rings (SSSR count).